The molecular weight excluding hydrogens is 401 g/mol. The number of Topliss-reactive ketones (excluding diaryl/α,β-unsaturated/α-hetero) is 1. The molecule has 3 fully saturated rings. The molecule has 0 aromatic heterocycles. The van der Waals surface area contributed by atoms with Gasteiger partial charge in [0, 0.05) is 11.6 Å². The lowest BCUT2D eigenvalue weighted by Crippen LogP contribution is -2.44. The highest BCUT2D eigenvalue weighted by atomic mass is 19.1. The van der Waals surface area contributed by atoms with E-state index in [1.807, 2.05) is 0 Å². The molecular formula is C24H24FNO5. The number of halogens is 1. The maximum atomic E-state index is 13.0. The Kier molecular flexibility index (Phi) is 4.99. The lowest BCUT2D eigenvalue weighted by atomic mass is 9.85. The summed E-state index contributed by atoms with van der Waals surface area (Å²) in [5, 5.41) is 0. The molecule has 0 unspecified atom stereocenters. The second-order valence-electron chi connectivity index (χ2n) is 9.09. The van der Waals surface area contributed by atoms with Crippen LogP contribution in [-0.4, -0.2) is 41.1 Å². The van der Waals surface area contributed by atoms with Crippen molar-refractivity contribution in [2.75, 3.05) is 6.61 Å². The molecule has 1 aromatic carbocycles. The first-order valence-corrected chi connectivity index (χ1v) is 10.9. The third-order valence-corrected chi connectivity index (χ3v) is 7.41. The van der Waals surface area contributed by atoms with Crippen molar-refractivity contribution in [3.05, 3.63) is 47.8 Å². The largest absolute Gasteiger partial charge is 0.457 e. The van der Waals surface area contributed by atoms with Crippen LogP contribution in [0.15, 0.2) is 36.4 Å². The van der Waals surface area contributed by atoms with E-state index in [1.54, 1.807) is 0 Å². The summed E-state index contributed by atoms with van der Waals surface area (Å²) in [5.41, 5.74) is 0.290. The molecule has 1 saturated heterocycles. The van der Waals surface area contributed by atoms with Gasteiger partial charge in [-0.15, -0.1) is 0 Å². The monoisotopic (exact) mass is 425 g/mol. The highest BCUT2D eigenvalue weighted by Crippen LogP contribution is 2.53. The summed E-state index contributed by atoms with van der Waals surface area (Å²) in [5.74, 6) is -1.67. The summed E-state index contributed by atoms with van der Waals surface area (Å²) < 4.78 is 18.2. The number of rotatable bonds is 5. The first-order chi connectivity index (χ1) is 14.9. The molecule has 2 amide bonds. The number of hydrogen-bond acceptors (Lipinski definition) is 5. The van der Waals surface area contributed by atoms with E-state index in [0.717, 1.165) is 6.42 Å². The Bertz CT molecular complexity index is 933. The summed E-state index contributed by atoms with van der Waals surface area (Å²) in [4.78, 5) is 51.9. The summed E-state index contributed by atoms with van der Waals surface area (Å²) >= 11 is 0. The van der Waals surface area contributed by atoms with Crippen LogP contribution in [0.2, 0.25) is 0 Å². The average molecular weight is 425 g/mol. The number of likely N-dealkylation sites (tertiary alicyclic amines) is 1. The number of imide groups is 1. The Morgan fingerprint density at radius 1 is 0.935 bits per heavy atom. The first-order valence-electron chi connectivity index (χ1n) is 10.9. The fraction of sp³-hybridized carbons (Fsp3) is 0.500. The Hall–Kier alpha value is -2.83. The number of benzene rings is 1. The van der Waals surface area contributed by atoms with Crippen LogP contribution >= 0.6 is 0 Å². The first kappa shape index (κ1) is 20.1. The van der Waals surface area contributed by atoms with Crippen LogP contribution in [0.3, 0.4) is 0 Å². The van der Waals surface area contributed by atoms with Gasteiger partial charge in [-0.3, -0.25) is 24.1 Å². The minimum Gasteiger partial charge on any atom is -0.457 e. The van der Waals surface area contributed by atoms with Crippen molar-refractivity contribution in [3.63, 3.8) is 0 Å². The molecule has 1 aromatic rings. The van der Waals surface area contributed by atoms with Gasteiger partial charge in [0.2, 0.25) is 11.8 Å². The minimum atomic E-state index is -0.438. The Morgan fingerprint density at radius 3 is 2.10 bits per heavy atom. The quantitative estimate of drug-likeness (QED) is 0.314. The molecule has 3 aliphatic carbocycles. The lowest BCUT2D eigenvalue weighted by molar-refractivity contribution is -0.149. The number of ketones is 1. The zero-order valence-electron chi connectivity index (χ0n) is 17.0. The van der Waals surface area contributed by atoms with Gasteiger partial charge in [-0.2, -0.15) is 0 Å². The van der Waals surface area contributed by atoms with Crippen LogP contribution in [0, 0.1) is 35.4 Å². The fourth-order valence-electron chi connectivity index (χ4n) is 5.83. The van der Waals surface area contributed by atoms with Gasteiger partial charge in [0.15, 0.2) is 12.4 Å². The van der Waals surface area contributed by atoms with E-state index in [4.69, 9.17) is 4.74 Å². The maximum Gasteiger partial charge on any atom is 0.309 e. The molecule has 7 heteroatoms. The highest BCUT2D eigenvalue weighted by Gasteiger charge is 2.60. The Labute approximate surface area is 179 Å². The summed E-state index contributed by atoms with van der Waals surface area (Å²) in [7, 11) is 0. The molecule has 5 rings (SSSR count). The predicted octanol–water partition coefficient (Wildman–Crippen LogP) is 2.92. The van der Waals surface area contributed by atoms with Crippen molar-refractivity contribution in [2.45, 2.75) is 38.1 Å². The topological polar surface area (TPSA) is 80.8 Å². The predicted molar refractivity (Wildman–Crippen MR) is 107 cm³/mol. The summed E-state index contributed by atoms with van der Waals surface area (Å²) in [6, 6.07) is 4.94. The van der Waals surface area contributed by atoms with E-state index in [0.29, 0.717) is 25.7 Å². The maximum absolute atomic E-state index is 13.0. The minimum absolute atomic E-state index is 0.0391. The lowest BCUT2D eigenvalue weighted by Gasteiger charge is -2.33. The van der Waals surface area contributed by atoms with Crippen molar-refractivity contribution < 1.29 is 28.3 Å². The molecule has 0 radical (unpaired) electrons. The normalized spacial score (nSPS) is 33.6. The van der Waals surface area contributed by atoms with E-state index >= 15 is 0 Å². The van der Waals surface area contributed by atoms with Gasteiger partial charge in [0.05, 0.1) is 17.8 Å². The highest BCUT2D eigenvalue weighted by molar-refractivity contribution is 6.06. The van der Waals surface area contributed by atoms with E-state index in [-0.39, 0.29) is 65.4 Å². The van der Waals surface area contributed by atoms with Crippen LogP contribution in [-0.2, 0) is 19.1 Å². The molecule has 162 valence electrons. The van der Waals surface area contributed by atoms with Crippen molar-refractivity contribution >= 4 is 23.6 Å². The van der Waals surface area contributed by atoms with Crippen LogP contribution < -0.4 is 0 Å². The molecule has 31 heavy (non-hydrogen) atoms. The van der Waals surface area contributed by atoms with Crippen molar-refractivity contribution in [1.29, 1.82) is 0 Å². The Morgan fingerprint density at radius 2 is 1.52 bits per heavy atom. The number of esters is 1. The van der Waals surface area contributed by atoms with Gasteiger partial charge in [0.25, 0.3) is 0 Å². The summed E-state index contributed by atoms with van der Waals surface area (Å²) in [6.07, 6.45) is 7.27. The van der Waals surface area contributed by atoms with Crippen LogP contribution in [0.25, 0.3) is 0 Å². The number of hydrogen-bond donors (Lipinski definition) is 0. The van der Waals surface area contributed by atoms with Crippen molar-refractivity contribution in [2.24, 2.45) is 29.6 Å². The van der Waals surface area contributed by atoms with Gasteiger partial charge in [-0.05, 0) is 68.2 Å². The van der Waals surface area contributed by atoms with Gasteiger partial charge in [0.1, 0.15) is 5.82 Å². The fourth-order valence-corrected chi connectivity index (χ4v) is 5.83. The van der Waals surface area contributed by atoms with Gasteiger partial charge in [-0.1, -0.05) is 12.2 Å². The number of carbonyl (C=O) groups is 4. The molecule has 6 nitrogen and oxygen atoms in total. The number of carbonyl (C=O) groups excluding carboxylic acids is 4. The van der Waals surface area contributed by atoms with E-state index in [2.05, 4.69) is 12.2 Å². The van der Waals surface area contributed by atoms with Crippen LogP contribution in [0.5, 0.6) is 0 Å². The standard InChI is InChI=1S/C24H24FNO5/c25-17-7-3-13(4-8-17)19(27)12-31-24(30)14-5-9-18(10-6-14)26-22(28)20-15-1-2-16(11-15)21(20)23(26)29/h1-4,7-8,14-16,18,20-21H,5-6,9-12H2/t14?,15-,16+,18?,20-,21-/m0/s1. The average Bonchev–Trinajstić information content (AvgIpc) is 3.46. The molecule has 4 atom stereocenters. The molecule has 0 N–H and O–H groups in total. The van der Waals surface area contributed by atoms with Crippen LogP contribution in [0.4, 0.5) is 4.39 Å². The SMILES string of the molecule is O=C(COC(=O)C1CCC(N2C(=O)[C@@H]3[C@@H](C2=O)[C@H]2C=C[C@@H]3C2)CC1)c1ccc(F)cc1. The van der Waals surface area contributed by atoms with E-state index < -0.39 is 11.8 Å². The van der Waals surface area contributed by atoms with E-state index in [1.165, 1.54) is 29.2 Å². The Balaban J connectivity index is 1.13. The molecule has 2 saturated carbocycles. The zero-order valence-corrected chi connectivity index (χ0v) is 17.0. The van der Waals surface area contributed by atoms with Crippen LogP contribution in [0.1, 0.15) is 42.5 Å². The van der Waals surface area contributed by atoms with Gasteiger partial charge in [-0.25, -0.2) is 4.39 Å². The number of ether oxygens (including phenoxy) is 1. The number of amides is 2. The second-order valence-corrected chi connectivity index (χ2v) is 9.09. The molecule has 2 bridgehead atoms. The second kappa shape index (κ2) is 7.70. The summed E-state index contributed by atoms with van der Waals surface area (Å²) in [6.45, 7) is -0.382. The molecule has 4 aliphatic rings. The van der Waals surface area contributed by atoms with Gasteiger partial charge >= 0.3 is 5.97 Å². The van der Waals surface area contributed by atoms with Crippen molar-refractivity contribution in [3.8, 4) is 0 Å². The van der Waals surface area contributed by atoms with Crippen molar-refractivity contribution in [1.82, 2.24) is 4.90 Å². The van der Waals surface area contributed by atoms with E-state index in [9.17, 15) is 23.6 Å². The third-order valence-electron chi connectivity index (χ3n) is 7.41. The zero-order chi connectivity index (χ0) is 21.7. The molecule has 0 spiro atoms. The number of nitrogens with zero attached hydrogens (tertiary/aromatic N) is 1. The molecule has 1 aliphatic heterocycles. The van der Waals surface area contributed by atoms with Gasteiger partial charge < -0.3 is 4.74 Å². The molecule has 1 heterocycles. The third kappa shape index (κ3) is 3.40. The number of fused-ring (bicyclic) bond motifs is 5. The smallest absolute Gasteiger partial charge is 0.309 e. The number of allylic oxidation sites excluding steroid dienone is 2.